The van der Waals surface area contributed by atoms with Crippen LogP contribution in [0.3, 0.4) is 0 Å². The summed E-state index contributed by atoms with van der Waals surface area (Å²) >= 11 is 0. The number of alkyl halides is 3. The first-order valence-electron chi connectivity index (χ1n) is 14.0. The SMILES string of the molecule is Cc1nc(-c2ccc(NC(=O)Nc3cccc(C(F)(F)F)c3)c3ccccc23)c2c(N)ncc(C(=O)NC3CCCNC3)n12. The van der Waals surface area contributed by atoms with Gasteiger partial charge in [-0.05, 0) is 56.0 Å². The number of aromatic nitrogens is 3. The van der Waals surface area contributed by atoms with Crippen molar-refractivity contribution in [1.82, 2.24) is 25.0 Å². The second-order valence-electron chi connectivity index (χ2n) is 10.6. The molecule has 0 spiro atoms. The van der Waals surface area contributed by atoms with Crippen LogP contribution in [-0.4, -0.2) is 45.4 Å². The minimum atomic E-state index is -4.54. The molecule has 0 saturated carbocycles. The van der Waals surface area contributed by atoms with Crippen molar-refractivity contribution in [3.63, 3.8) is 0 Å². The first-order valence-corrected chi connectivity index (χ1v) is 14.0. The number of nitrogens with two attached hydrogens (primary N) is 1. The molecule has 3 heterocycles. The number of hydrogen-bond donors (Lipinski definition) is 5. The number of benzene rings is 3. The van der Waals surface area contributed by atoms with Gasteiger partial charge in [0.15, 0.2) is 0 Å². The lowest BCUT2D eigenvalue weighted by Crippen LogP contribution is -2.46. The third-order valence-electron chi connectivity index (χ3n) is 7.59. The van der Waals surface area contributed by atoms with Gasteiger partial charge in [0.2, 0.25) is 0 Å². The molecule has 10 nitrogen and oxygen atoms in total. The third-order valence-corrected chi connectivity index (χ3v) is 7.59. The highest BCUT2D eigenvalue weighted by molar-refractivity contribution is 6.11. The van der Waals surface area contributed by atoms with Gasteiger partial charge in [0.25, 0.3) is 5.91 Å². The third kappa shape index (κ3) is 5.61. The number of rotatable bonds is 5. The highest BCUT2D eigenvalue weighted by atomic mass is 19.4. The number of hydrogen-bond acceptors (Lipinski definition) is 6. The normalized spacial score (nSPS) is 15.3. The summed E-state index contributed by atoms with van der Waals surface area (Å²) in [5, 5.41) is 12.9. The average molecular weight is 603 g/mol. The van der Waals surface area contributed by atoms with E-state index >= 15 is 0 Å². The molecule has 5 aromatic rings. The summed E-state index contributed by atoms with van der Waals surface area (Å²) in [7, 11) is 0. The minimum Gasteiger partial charge on any atom is -0.382 e. The van der Waals surface area contributed by atoms with Crippen molar-refractivity contribution in [3.05, 3.63) is 83.9 Å². The largest absolute Gasteiger partial charge is 0.416 e. The lowest BCUT2D eigenvalue weighted by atomic mass is 10.00. The second-order valence-corrected chi connectivity index (χ2v) is 10.6. The number of imidazole rings is 1. The monoisotopic (exact) mass is 602 g/mol. The van der Waals surface area contributed by atoms with E-state index in [2.05, 4.69) is 26.3 Å². The summed E-state index contributed by atoms with van der Waals surface area (Å²) in [6.45, 7) is 3.40. The van der Waals surface area contributed by atoms with Crippen LogP contribution >= 0.6 is 0 Å². The van der Waals surface area contributed by atoms with Crippen LogP contribution in [0.1, 0.15) is 34.7 Å². The molecule has 1 saturated heterocycles. The number of anilines is 3. The van der Waals surface area contributed by atoms with E-state index in [0.29, 0.717) is 45.9 Å². The molecule has 6 N–H and O–H groups in total. The Balaban J connectivity index is 1.34. The van der Waals surface area contributed by atoms with Crippen molar-refractivity contribution in [2.75, 3.05) is 29.5 Å². The quantitative estimate of drug-likeness (QED) is 0.178. The zero-order valence-corrected chi connectivity index (χ0v) is 23.6. The molecular formula is C31H29F3N8O2. The highest BCUT2D eigenvalue weighted by Crippen LogP contribution is 2.37. The molecule has 0 radical (unpaired) electrons. The van der Waals surface area contributed by atoms with Gasteiger partial charge in [0.1, 0.15) is 28.5 Å². The van der Waals surface area contributed by atoms with Crippen molar-refractivity contribution in [1.29, 1.82) is 0 Å². The van der Waals surface area contributed by atoms with Gasteiger partial charge in [-0.25, -0.2) is 14.8 Å². The van der Waals surface area contributed by atoms with Crippen LogP contribution < -0.4 is 27.0 Å². The molecule has 6 rings (SSSR count). The molecule has 1 fully saturated rings. The summed E-state index contributed by atoms with van der Waals surface area (Å²) in [6.07, 6.45) is -1.24. The molecule has 2 aromatic heterocycles. The van der Waals surface area contributed by atoms with Crippen LogP contribution in [0.4, 0.5) is 35.2 Å². The van der Waals surface area contributed by atoms with Gasteiger partial charge in [-0.1, -0.05) is 36.4 Å². The Morgan fingerprint density at radius 1 is 1.05 bits per heavy atom. The van der Waals surface area contributed by atoms with Gasteiger partial charge in [0.05, 0.1) is 17.4 Å². The van der Waals surface area contributed by atoms with Crippen LogP contribution in [0.15, 0.2) is 66.9 Å². The van der Waals surface area contributed by atoms with E-state index in [0.717, 1.165) is 36.9 Å². The van der Waals surface area contributed by atoms with E-state index in [1.807, 2.05) is 18.2 Å². The van der Waals surface area contributed by atoms with Gasteiger partial charge >= 0.3 is 12.2 Å². The molecule has 13 heteroatoms. The van der Waals surface area contributed by atoms with Crippen molar-refractivity contribution >= 4 is 45.4 Å². The molecule has 1 atom stereocenters. The molecule has 1 unspecified atom stereocenters. The topological polar surface area (TPSA) is 138 Å². The van der Waals surface area contributed by atoms with Crippen molar-refractivity contribution in [2.45, 2.75) is 32.0 Å². The molecular weight excluding hydrogens is 573 g/mol. The van der Waals surface area contributed by atoms with E-state index in [9.17, 15) is 22.8 Å². The second kappa shape index (κ2) is 11.5. The van der Waals surface area contributed by atoms with E-state index in [-0.39, 0.29) is 23.5 Å². The van der Waals surface area contributed by atoms with Crippen molar-refractivity contribution in [2.24, 2.45) is 0 Å². The van der Waals surface area contributed by atoms with E-state index in [4.69, 9.17) is 10.7 Å². The standard InChI is InChI=1S/C31H29F3N8O2/c1-17-38-26(27-28(35)37-16-25(42(17)27)29(43)39-20-8-5-13-36-15-20)23-11-12-24(22-10-3-2-9-21(22)23)41-30(44)40-19-7-4-6-18(14-19)31(32,33)34/h2-4,6-7,9-12,14,16,20,36H,5,8,13,15H2,1H3,(H2,35,37)(H,39,43)(H2,40,41,44). The zero-order valence-electron chi connectivity index (χ0n) is 23.6. The number of carbonyl (C=O) groups is 2. The lowest BCUT2D eigenvalue weighted by molar-refractivity contribution is -0.137. The number of piperidine rings is 1. The lowest BCUT2D eigenvalue weighted by Gasteiger charge is -2.24. The molecule has 226 valence electrons. The Kier molecular flexibility index (Phi) is 7.55. The van der Waals surface area contributed by atoms with Crippen LogP contribution in [0.25, 0.3) is 27.5 Å². The summed E-state index contributed by atoms with van der Waals surface area (Å²) in [5.41, 5.74) is 7.92. The molecule has 1 aliphatic rings. The van der Waals surface area contributed by atoms with E-state index in [1.54, 1.807) is 29.5 Å². The highest BCUT2D eigenvalue weighted by Gasteiger charge is 2.30. The van der Waals surface area contributed by atoms with Crippen LogP contribution in [0.5, 0.6) is 0 Å². The maximum absolute atomic E-state index is 13.3. The Labute approximate surface area is 249 Å². The number of fused-ring (bicyclic) bond motifs is 2. The number of carbonyl (C=O) groups excluding carboxylic acids is 2. The smallest absolute Gasteiger partial charge is 0.382 e. The minimum absolute atomic E-state index is 0.000715. The summed E-state index contributed by atoms with van der Waals surface area (Å²) in [4.78, 5) is 35.3. The van der Waals surface area contributed by atoms with Crippen molar-refractivity contribution < 1.29 is 22.8 Å². The predicted octanol–water partition coefficient (Wildman–Crippen LogP) is 5.58. The molecule has 0 bridgehead atoms. The molecule has 44 heavy (non-hydrogen) atoms. The number of urea groups is 1. The Hall–Kier alpha value is -5.17. The van der Waals surface area contributed by atoms with Crippen LogP contribution in [-0.2, 0) is 6.18 Å². The van der Waals surface area contributed by atoms with Gasteiger partial charge < -0.3 is 27.0 Å². The fourth-order valence-electron chi connectivity index (χ4n) is 5.57. The van der Waals surface area contributed by atoms with Gasteiger partial charge in [-0.15, -0.1) is 0 Å². The Bertz CT molecular complexity index is 1900. The van der Waals surface area contributed by atoms with E-state index in [1.165, 1.54) is 18.3 Å². The first kappa shape index (κ1) is 28.9. The number of aryl methyl sites for hydroxylation is 1. The number of nitrogen functional groups attached to an aromatic ring is 1. The number of halogens is 3. The van der Waals surface area contributed by atoms with Crippen LogP contribution in [0, 0.1) is 6.92 Å². The first-order chi connectivity index (χ1) is 21.1. The average Bonchev–Trinajstić information content (AvgIpc) is 3.35. The van der Waals surface area contributed by atoms with Gasteiger partial charge in [-0.3, -0.25) is 9.20 Å². The maximum Gasteiger partial charge on any atom is 0.416 e. The zero-order chi connectivity index (χ0) is 31.0. The number of amides is 3. The van der Waals surface area contributed by atoms with Crippen LogP contribution in [0.2, 0.25) is 0 Å². The maximum atomic E-state index is 13.3. The molecule has 1 aliphatic heterocycles. The fraction of sp³-hybridized carbons (Fsp3) is 0.226. The number of nitrogens with zero attached hydrogens (tertiary/aromatic N) is 3. The Morgan fingerprint density at radius 2 is 1.84 bits per heavy atom. The summed E-state index contributed by atoms with van der Waals surface area (Å²) < 4.78 is 41.1. The fourth-order valence-corrected chi connectivity index (χ4v) is 5.57. The molecule has 3 aromatic carbocycles. The molecule has 0 aliphatic carbocycles. The van der Waals surface area contributed by atoms with Crippen molar-refractivity contribution in [3.8, 4) is 11.3 Å². The van der Waals surface area contributed by atoms with Gasteiger partial charge in [0, 0.05) is 29.2 Å². The predicted molar refractivity (Wildman–Crippen MR) is 163 cm³/mol. The number of nitrogens with one attached hydrogen (secondary N) is 4. The van der Waals surface area contributed by atoms with Gasteiger partial charge in [-0.2, -0.15) is 13.2 Å². The Morgan fingerprint density at radius 3 is 2.59 bits per heavy atom. The molecule has 3 amide bonds. The van der Waals surface area contributed by atoms with E-state index < -0.39 is 17.8 Å². The summed E-state index contributed by atoms with van der Waals surface area (Å²) in [6, 6.07) is 14.5. The summed E-state index contributed by atoms with van der Waals surface area (Å²) in [5.74, 6) is 0.463.